The van der Waals surface area contributed by atoms with Crippen LogP contribution >= 0.6 is 0 Å². The van der Waals surface area contributed by atoms with Gasteiger partial charge < -0.3 is 5.11 Å². The summed E-state index contributed by atoms with van der Waals surface area (Å²) in [4.78, 5) is 13.0. The van der Waals surface area contributed by atoms with Crippen LogP contribution in [0.15, 0.2) is 12.4 Å². The Hall–Kier alpha value is -1.67. The van der Waals surface area contributed by atoms with Crippen molar-refractivity contribution in [2.24, 2.45) is 47.3 Å². The number of carbonyl (C=O) groups is 1. The Bertz CT molecular complexity index is 837. The first-order valence-electron chi connectivity index (χ1n) is 11.5. The molecular formula is C24H33N3O2. The van der Waals surface area contributed by atoms with Gasteiger partial charge >= 0.3 is 0 Å². The van der Waals surface area contributed by atoms with E-state index < -0.39 is 5.60 Å². The molecule has 1 N–H and O–H groups in total. The lowest BCUT2D eigenvalue weighted by Gasteiger charge is -2.62. The van der Waals surface area contributed by atoms with Gasteiger partial charge in [0.2, 0.25) is 0 Å². The largest absolute Gasteiger partial charge is 0.390 e. The van der Waals surface area contributed by atoms with Crippen molar-refractivity contribution in [1.29, 1.82) is 5.26 Å². The Kier molecular flexibility index (Phi) is 4.62. The van der Waals surface area contributed by atoms with E-state index in [4.69, 9.17) is 5.26 Å². The van der Waals surface area contributed by atoms with Gasteiger partial charge in [-0.1, -0.05) is 6.92 Å². The van der Waals surface area contributed by atoms with E-state index in [0.717, 1.165) is 37.0 Å². The second kappa shape index (κ2) is 6.94. The van der Waals surface area contributed by atoms with Crippen molar-refractivity contribution in [3.8, 4) is 6.07 Å². The number of ketones is 1. The number of rotatable bonds is 3. The van der Waals surface area contributed by atoms with Crippen molar-refractivity contribution < 1.29 is 9.90 Å². The summed E-state index contributed by atoms with van der Waals surface area (Å²) in [5, 5.41) is 23.7. The summed E-state index contributed by atoms with van der Waals surface area (Å²) in [5.74, 6) is 5.43. The molecule has 5 nitrogen and oxygen atoms in total. The van der Waals surface area contributed by atoms with Crippen LogP contribution in [0.4, 0.5) is 0 Å². The Morgan fingerprint density at radius 3 is 2.86 bits per heavy atom. The number of hydrogen-bond donors (Lipinski definition) is 1. The average molecular weight is 396 g/mol. The third-order valence-electron chi connectivity index (χ3n) is 9.12. The number of aromatic nitrogens is 2. The summed E-state index contributed by atoms with van der Waals surface area (Å²) in [6, 6.07) is 2.08. The topological polar surface area (TPSA) is 78.9 Å². The van der Waals surface area contributed by atoms with Gasteiger partial charge in [-0.2, -0.15) is 10.4 Å². The first-order valence-corrected chi connectivity index (χ1v) is 11.5. The van der Waals surface area contributed by atoms with Crippen LogP contribution in [0, 0.1) is 58.7 Å². The third-order valence-corrected chi connectivity index (χ3v) is 9.12. The van der Waals surface area contributed by atoms with Gasteiger partial charge in [0.15, 0.2) is 5.78 Å². The first-order chi connectivity index (χ1) is 13.9. The molecule has 1 heterocycles. The third kappa shape index (κ3) is 3.24. The molecule has 4 aliphatic rings. The predicted octanol–water partition coefficient (Wildman–Crippen LogP) is 3.81. The molecule has 0 saturated heterocycles. The predicted molar refractivity (Wildman–Crippen MR) is 108 cm³/mol. The molecule has 0 radical (unpaired) electrons. The number of carbonyl (C=O) groups excluding carboxylic acids is 1. The van der Waals surface area contributed by atoms with Gasteiger partial charge in [0, 0.05) is 12.1 Å². The second-order valence-electron chi connectivity index (χ2n) is 10.9. The zero-order chi connectivity index (χ0) is 20.3. The monoisotopic (exact) mass is 395 g/mol. The van der Waals surface area contributed by atoms with E-state index in [0.29, 0.717) is 41.6 Å². The van der Waals surface area contributed by atoms with E-state index in [1.165, 1.54) is 31.9 Å². The minimum atomic E-state index is -0.456. The molecule has 0 unspecified atom stereocenters. The van der Waals surface area contributed by atoms with Crippen molar-refractivity contribution in [3.05, 3.63) is 18.0 Å². The molecule has 29 heavy (non-hydrogen) atoms. The summed E-state index contributed by atoms with van der Waals surface area (Å²) in [6.07, 6.45) is 11.2. The van der Waals surface area contributed by atoms with Crippen LogP contribution in [0.3, 0.4) is 0 Å². The van der Waals surface area contributed by atoms with Crippen LogP contribution in [-0.4, -0.2) is 26.3 Å². The summed E-state index contributed by atoms with van der Waals surface area (Å²) >= 11 is 0. The Morgan fingerprint density at radius 2 is 2.10 bits per heavy atom. The molecule has 5 heteroatoms. The van der Waals surface area contributed by atoms with E-state index >= 15 is 0 Å². The lowest BCUT2D eigenvalue weighted by molar-refractivity contribution is -0.159. The molecular weight excluding hydrogens is 362 g/mol. The van der Waals surface area contributed by atoms with E-state index in [1.54, 1.807) is 10.9 Å². The maximum Gasteiger partial charge on any atom is 0.157 e. The fourth-order valence-electron chi connectivity index (χ4n) is 7.94. The van der Waals surface area contributed by atoms with Gasteiger partial charge in [0.1, 0.15) is 6.07 Å². The number of fused-ring (bicyclic) bond motifs is 5. The number of nitrogens with zero attached hydrogens (tertiary/aromatic N) is 3. The highest BCUT2D eigenvalue weighted by Crippen LogP contribution is 2.63. The van der Waals surface area contributed by atoms with Crippen molar-refractivity contribution in [1.82, 2.24) is 9.78 Å². The number of Topliss-reactive ketones (excluding diaryl/α,β-unsaturated/α-hetero) is 1. The van der Waals surface area contributed by atoms with E-state index in [2.05, 4.69) is 18.1 Å². The molecule has 0 amide bonds. The first kappa shape index (κ1) is 19.3. The molecule has 9 atom stereocenters. The molecule has 0 aliphatic heterocycles. The number of hydrogen-bond acceptors (Lipinski definition) is 4. The lowest BCUT2D eigenvalue weighted by atomic mass is 9.43. The minimum Gasteiger partial charge on any atom is -0.390 e. The second-order valence-corrected chi connectivity index (χ2v) is 10.9. The quantitative estimate of drug-likeness (QED) is 0.844. The molecule has 156 valence electrons. The minimum absolute atomic E-state index is 0.176. The van der Waals surface area contributed by atoms with Crippen molar-refractivity contribution in [2.45, 2.75) is 70.9 Å². The van der Waals surface area contributed by atoms with Crippen molar-refractivity contribution >= 4 is 5.78 Å². The molecule has 0 bridgehead atoms. The van der Waals surface area contributed by atoms with E-state index in [-0.39, 0.29) is 5.92 Å². The summed E-state index contributed by atoms with van der Waals surface area (Å²) < 4.78 is 1.63. The van der Waals surface area contributed by atoms with Gasteiger partial charge in [-0.25, -0.2) is 0 Å². The Balaban J connectivity index is 1.26. The number of aliphatic hydroxyl groups is 1. The lowest BCUT2D eigenvalue weighted by Crippen LogP contribution is -2.57. The Labute approximate surface area is 173 Å². The zero-order valence-electron chi connectivity index (χ0n) is 17.6. The molecule has 0 spiro atoms. The van der Waals surface area contributed by atoms with Crippen LogP contribution in [-0.2, 0) is 11.3 Å². The summed E-state index contributed by atoms with van der Waals surface area (Å²) in [7, 11) is 0. The summed E-state index contributed by atoms with van der Waals surface area (Å²) in [5.41, 5.74) is 0.0595. The molecule has 4 aliphatic carbocycles. The zero-order valence-corrected chi connectivity index (χ0v) is 17.6. The highest BCUT2D eigenvalue weighted by atomic mass is 16.3. The highest BCUT2D eigenvalue weighted by Gasteiger charge is 2.58. The van der Waals surface area contributed by atoms with Gasteiger partial charge in [-0.15, -0.1) is 0 Å². The fourth-order valence-corrected chi connectivity index (χ4v) is 7.94. The maximum absolute atomic E-state index is 13.0. The van der Waals surface area contributed by atoms with E-state index in [9.17, 15) is 9.90 Å². The SMILES string of the molecule is C[C@@H]1C[C@H]2[C@@H](CC[C@@H]3C[C@](C)(O)CC[C@@H]32)[C@@H]2C[C@H](C(=O)Cn3cc(C#N)cn3)[C@H]21. The highest BCUT2D eigenvalue weighted by molar-refractivity contribution is 5.82. The maximum atomic E-state index is 13.0. The molecule has 5 rings (SSSR count). The molecule has 4 fully saturated rings. The van der Waals surface area contributed by atoms with Crippen LogP contribution in [0.2, 0.25) is 0 Å². The Morgan fingerprint density at radius 1 is 1.28 bits per heavy atom. The van der Waals surface area contributed by atoms with Gasteiger partial charge in [-0.3, -0.25) is 9.48 Å². The molecule has 1 aromatic rings. The van der Waals surface area contributed by atoms with Crippen LogP contribution in [0.25, 0.3) is 0 Å². The average Bonchev–Trinajstić information content (AvgIpc) is 3.08. The van der Waals surface area contributed by atoms with Crippen LogP contribution < -0.4 is 0 Å². The molecule has 0 aromatic carbocycles. The standard InChI is InChI=1S/C24H33N3O2/c1-14-7-19-17-5-6-24(2,29)9-16(17)3-4-18(19)20-8-21(23(14)20)22(28)13-27-12-15(10-25)11-26-27/h11-12,14,16-21,23,29H,3-9,13H2,1-2H3/t14-,16-,17+,18-,19-,20+,21-,23+,24-/m1/s1. The smallest absolute Gasteiger partial charge is 0.157 e. The van der Waals surface area contributed by atoms with Crippen LogP contribution in [0.1, 0.15) is 64.4 Å². The van der Waals surface area contributed by atoms with Gasteiger partial charge in [-0.05, 0) is 93.3 Å². The number of nitriles is 1. The van der Waals surface area contributed by atoms with Crippen molar-refractivity contribution in [3.63, 3.8) is 0 Å². The fraction of sp³-hybridized carbons (Fsp3) is 0.792. The van der Waals surface area contributed by atoms with E-state index in [1.807, 2.05) is 6.92 Å². The van der Waals surface area contributed by atoms with Crippen molar-refractivity contribution in [2.75, 3.05) is 0 Å². The van der Waals surface area contributed by atoms with Crippen LogP contribution in [0.5, 0.6) is 0 Å². The molecule has 1 aromatic heterocycles. The van der Waals surface area contributed by atoms with Gasteiger partial charge in [0.25, 0.3) is 0 Å². The normalized spacial score (nSPS) is 45.9. The molecule has 4 saturated carbocycles. The summed E-state index contributed by atoms with van der Waals surface area (Å²) in [6.45, 7) is 4.70. The van der Waals surface area contributed by atoms with Gasteiger partial charge in [0.05, 0.1) is 23.9 Å².